The predicted octanol–water partition coefficient (Wildman–Crippen LogP) is 2.91. The number of hydrogen-bond acceptors (Lipinski definition) is 4. The van der Waals surface area contributed by atoms with Gasteiger partial charge in [-0.2, -0.15) is 0 Å². The van der Waals surface area contributed by atoms with Crippen molar-refractivity contribution in [1.82, 2.24) is 24.8 Å². The number of piperidine rings is 1. The van der Waals surface area contributed by atoms with Gasteiger partial charge in [-0.3, -0.25) is 9.69 Å². The highest BCUT2D eigenvalue weighted by Gasteiger charge is 2.24. The van der Waals surface area contributed by atoms with Crippen LogP contribution < -0.4 is 0 Å². The number of rotatable bonds is 6. The highest BCUT2D eigenvalue weighted by molar-refractivity contribution is 5.91. The maximum atomic E-state index is 12.4. The third-order valence-corrected chi connectivity index (χ3v) is 5.29. The number of likely N-dealkylation sites (tertiary alicyclic amines) is 1. The molecule has 1 aliphatic heterocycles. The molecule has 0 spiro atoms. The van der Waals surface area contributed by atoms with Crippen molar-refractivity contribution in [1.29, 1.82) is 0 Å². The van der Waals surface area contributed by atoms with E-state index in [0.717, 1.165) is 32.5 Å². The second kappa shape index (κ2) is 8.45. The van der Waals surface area contributed by atoms with Gasteiger partial charge in [0.25, 0.3) is 5.91 Å². The standard InChI is InChI=1S/C20H29N5O/c1-4-24(5-2)20(26)19-15-25(22-21-19)18-11-8-12-23(14-18)13-17-10-7-6-9-16(17)3/h6-7,9-10,15,18H,4-5,8,11-14H2,1-3H3/t18-/m0/s1. The van der Waals surface area contributed by atoms with E-state index in [4.69, 9.17) is 0 Å². The van der Waals surface area contributed by atoms with Crippen LogP contribution in [0.1, 0.15) is 54.3 Å². The number of amides is 1. The molecule has 3 rings (SSSR count). The summed E-state index contributed by atoms with van der Waals surface area (Å²) < 4.78 is 1.89. The number of aryl methyl sites for hydroxylation is 1. The van der Waals surface area contributed by atoms with Crippen LogP contribution in [0.2, 0.25) is 0 Å². The Morgan fingerprint density at radius 3 is 2.77 bits per heavy atom. The molecule has 1 aliphatic rings. The number of carbonyl (C=O) groups is 1. The molecule has 1 amide bonds. The number of aromatic nitrogens is 3. The van der Waals surface area contributed by atoms with Crippen molar-refractivity contribution in [2.24, 2.45) is 0 Å². The molecule has 6 heteroatoms. The number of benzene rings is 1. The second-order valence-electron chi connectivity index (χ2n) is 7.02. The lowest BCUT2D eigenvalue weighted by Gasteiger charge is -2.32. The molecule has 2 heterocycles. The third kappa shape index (κ3) is 4.12. The summed E-state index contributed by atoms with van der Waals surface area (Å²) in [5.74, 6) is -0.0335. The van der Waals surface area contributed by atoms with Gasteiger partial charge in [0.2, 0.25) is 0 Å². The molecule has 1 atom stereocenters. The Kier molecular flexibility index (Phi) is 6.04. The molecule has 6 nitrogen and oxygen atoms in total. The minimum Gasteiger partial charge on any atom is -0.338 e. The van der Waals surface area contributed by atoms with Crippen LogP contribution in [-0.2, 0) is 6.54 Å². The quantitative estimate of drug-likeness (QED) is 0.799. The van der Waals surface area contributed by atoms with Gasteiger partial charge >= 0.3 is 0 Å². The minimum atomic E-state index is -0.0335. The molecule has 1 aromatic carbocycles. The fourth-order valence-corrected chi connectivity index (χ4v) is 3.65. The largest absolute Gasteiger partial charge is 0.338 e. The van der Waals surface area contributed by atoms with Crippen molar-refractivity contribution in [3.05, 3.63) is 47.3 Å². The van der Waals surface area contributed by atoms with Crippen LogP contribution in [0, 0.1) is 6.92 Å². The fourth-order valence-electron chi connectivity index (χ4n) is 3.65. The first-order chi connectivity index (χ1) is 12.6. The van der Waals surface area contributed by atoms with Gasteiger partial charge in [-0.25, -0.2) is 4.68 Å². The van der Waals surface area contributed by atoms with Crippen molar-refractivity contribution >= 4 is 5.91 Å². The maximum absolute atomic E-state index is 12.4. The average molecular weight is 355 g/mol. The first-order valence-electron chi connectivity index (χ1n) is 9.60. The first-order valence-corrected chi connectivity index (χ1v) is 9.60. The van der Waals surface area contributed by atoms with Crippen LogP contribution in [0.25, 0.3) is 0 Å². The highest BCUT2D eigenvalue weighted by Crippen LogP contribution is 2.23. The average Bonchev–Trinajstić information content (AvgIpc) is 3.15. The van der Waals surface area contributed by atoms with Crippen molar-refractivity contribution in [2.75, 3.05) is 26.2 Å². The Labute approximate surface area is 155 Å². The summed E-state index contributed by atoms with van der Waals surface area (Å²) in [6.45, 7) is 10.5. The van der Waals surface area contributed by atoms with Crippen molar-refractivity contribution in [3.63, 3.8) is 0 Å². The molecular formula is C20H29N5O. The molecule has 140 valence electrons. The van der Waals surface area contributed by atoms with E-state index >= 15 is 0 Å². The summed E-state index contributed by atoms with van der Waals surface area (Å²) in [4.78, 5) is 16.7. The maximum Gasteiger partial charge on any atom is 0.276 e. The number of hydrogen-bond donors (Lipinski definition) is 0. The van der Waals surface area contributed by atoms with Crippen LogP contribution >= 0.6 is 0 Å². The summed E-state index contributed by atoms with van der Waals surface area (Å²) in [5.41, 5.74) is 3.16. The molecule has 2 aromatic rings. The Bertz CT molecular complexity index is 737. The molecule has 1 saturated heterocycles. The van der Waals surface area contributed by atoms with Gasteiger partial charge in [-0.1, -0.05) is 29.5 Å². The summed E-state index contributed by atoms with van der Waals surface area (Å²) in [7, 11) is 0. The molecule has 1 aromatic heterocycles. The smallest absolute Gasteiger partial charge is 0.276 e. The lowest BCUT2D eigenvalue weighted by molar-refractivity contribution is 0.0767. The van der Waals surface area contributed by atoms with E-state index in [2.05, 4.69) is 46.4 Å². The zero-order valence-electron chi connectivity index (χ0n) is 16.1. The summed E-state index contributed by atoms with van der Waals surface area (Å²) >= 11 is 0. The fraction of sp³-hybridized carbons (Fsp3) is 0.550. The summed E-state index contributed by atoms with van der Waals surface area (Å²) in [6, 6.07) is 8.83. The van der Waals surface area contributed by atoms with E-state index < -0.39 is 0 Å². The SMILES string of the molecule is CCN(CC)C(=O)c1cn([C@H]2CCCN(Cc3ccccc3C)C2)nn1. The monoisotopic (exact) mass is 355 g/mol. The zero-order chi connectivity index (χ0) is 18.5. The summed E-state index contributed by atoms with van der Waals surface area (Å²) in [5, 5.41) is 8.40. The van der Waals surface area contributed by atoms with Crippen LogP contribution in [0.4, 0.5) is 0 Å². The molecule has 26 heavy (non-hydrogen) atoms. The summed E-state index contributed by atoms with van der Waals surface area (Å²) in [6.07, 6.45) is 4.03. The van der Waals surface area contributed by atoms with Crippen molar-refractivity contribution in [2.45, 2.75) is 46.2 Å². The van der Waals surface area contributed by atoms with Crippen LogP contribution in [-0.4, -0.2) is 56.9 Å². The van der Waals surface area contributed by atoms with Crippen LogP contribution in [0.15, 0.2) is 30.5 Å². The Morgan fingerprint density at radius 1 is 1.27 bits per heavy atom. The van der Waals surface area contributed by atoms with Crippen LogP contribution in [0.3, 0.4) is 0 Å². The van der Waals surface area contributed by atoms with Gasteiger partial charge < -0.3 is 4.90 Å². The molecule has 1 fully saturated rings. The number of nitrogens with zero attached hydrogens (tertiary/aromatic N) is 5. The normalized spacial score (nSPS) is 18.0. The van der Waals surface area contributed by atoms with E-state index in [1.165, 1.54) is 11.1 Å². The van der Waals surface area contributed by atoms with E-state index in [-0.39, 0.29) is 11.9 Å². The zero-order valence-corrected chi connectivity index (χ0v) is 16.1. The topological polar surface area (TPSA) is 54.3 Å². The van der Waals surface area contributed by atoms with Gasteiger partial charge in [-0.15, -0.1) is 5.10 Å². The Morgan fingerprint density at radius 2 is 2.04 bits per heavy atom. The molecule has 0 unspecified atom stereocenters. The van der Waals surface area contributed by atoms with Gasteiger partial charge in [-0.05, 0) is 51.3 Å². The van der Waals surface area contributed by atoms with Gasteiger partial charge in [0.1, 0.15) is 0 Å². The van der Waals surface area contributed by atoms with Gasteiger partial charge in [0, 0.05) is 26.2 Å². The van der Waals surface area contributed by atoms with Crippen molar-refractivity contribution in [3.8, 4) is 0 Å². The molecule has 0 bridgehead atoms. The molecule has 0 saturated carbocycles. The Balaban J connectivity index is 1.66. The minimum absolute atomic E-state index is 0.0335. The van der Waals surface area contributed by atoms with E-state index in [0.29, 0.717) is 18.8 Å². The van der Waals surface area contributed by atoms with E-state index in [9.17, 15) is 4.79 Å². The highest BCUT2D eigenvalue weighted by atomic mass is 16.2. The predicted molar refractivity (Wildman–Crippen MR) is 102 cm³/mol. The third-order valence-electron chi connectivity index (χ3n) is 5.29. The van der Waals surface area contributed by atoms with Crippen LogP contribution in [0.5, 0.6) is 0 Å². The first kappa shape index (κ1) is 18.6. The van der Waals surface area contributed by atoms with Gasteiger partial charge in [0.15, 0.2) is 5.69 Å². The van der Waals surface area contributed by atoms with Crippen molar-refractivity contribution < 1.29 is 4.79 Å². The lowest BCUT2D eigenvalue weighted by Crippen LogP contribution is -2.36. The lowest BCUT2D eigenvalue weighted by atomic mass is 10.0. The Hall–Kier alpha value is -2.21. The molecule has 0 aliphatic carbocycles. The number of carbonyl (C=O) groups excluding carboxylic acids is 1. The molecule has 0 N–H and O–H groups in total. The van der Waals surface area contributed by atoms with Gasteiger partial charge in [0.05, 0.1) is 12.2 Å². The molecular weight excluding hydrogens is 326 g/mol. The molecule has 0 radical (unpaired) electrons. The van der Waals surface area contributed by atoms with E-state index in [1.54, 1.807) is 4.90 Å². The van der Waals surface area contributed by atoms with E-state index in [1.807, 2.05) is 24.7 Å². The second-order valence-corrected chi connectivity index (χ2v) is 7.02.